The lowest BCUT2D eigenvalue weighted by atomic mass is 9.80. The summed E-state index contributed by atoms with van der Waals surface area (Å²) in [5, 5.41) is 9.58. The van der Waals surface area contributed by atoms with Crippen LogP contribution in [-0.2, 0) is 9.59 Å². The maximum atomic E-state index is 12.7. The molecule has 0 atom stereocenters. The van der Waals surface area contributed by atoms with Gasteiger partial charge in [0, 0.05) is 6.54 Å². The smallest absolute Gasteiger partial charge is 0.245 e. The Morgan fingerprint density at radius 3 is 2.56 bits per heavy atom. The Morgan fingerprint density at radius 1 is 1.16 bits per heavy atom. The van der Waals surface area contributed by atoms with Crippen molar-refractivity contribution in [3.05, 3.63) is 29.3 Å². The van der Waals surface area contributed by atoms with Crippen LogP contribution in [0.2, 0.25) is 5.02 Å². The minimum absolute atomic E-state index is 0.0493. The number of amides is 2. The molecule has 0 unspecified atom stereocenters. The van der Waals surface area contributed by atoms with Crippen molar-refractivity contribution in [1.29, 1.82) is 0 Å². The van der Waals surface area contributed by atoms with Crippen LogP contribution >= 0.6 is 11.6 Å². The van der Waals surface area contributed by atoms with Crippen LogP contribution in [0.5, 0.6) is 0 Å². The number of nitrogens with one attached hydrogen (secondary N) is 3. The molecule has 1 aliphatic carbocycles. The van der Waals surface area contributed by atoms with Gasteiger partial charge in [-0.25, -0.2) is 0 Å². The lowest BCUT2D eigenvalue weighted by molar-refractivity contribution is -0.134. The number of rotatable bonds is 8. The van der Waals surface area contributed by atoms with E-state index in [2.05, 4.69) is 22.9 Å². The predicted octanol–water partition coefficient (Wildman–Crippen LogP) is 3.49. The van der Waals surface area contributed by atoms with Crippen LogP contribution in [-0.4, -0.2) is 30.4 Å². The Balaban J connectivity index is 1.95. The van der Waals surface area contributed by atoms with Crippen molar-refractivity contribution in [2.75, 3.05) is 18.4 Å². The van der Waals surface area contributed by atoms with E-state index in [4.69, 9.17) is 11.6 Å². The third-order valence-corrected chi connectivity index (χ3v) is 4.98. The molecule has 2 amide bonds. The third-order valence-electron chi connectivity index (χ3n) is 4.65. The lowest BCUT2D eigenvalue weighted by Crippen LogP contribution is -2.60. The summed E-state index contributed by atoms with van der Waals surface area (Å²) in [6.45, 7) is 2.84. The number of para-hydroxylation sites is 1. The first-order chi connectivity index (χ1) is 12.1. The van der Waals surface area contributed by atoms with E-state index in [1.54, 1.807) is 6.07 Å². The van der Waals surface area contributed by atoms with Gasteiger partial charge in [0.1, 0.15) is 5.54 Å². The van der Waals surface area contributed by atoms with Crippen LogP contribution in [0.3, 0.4) is 0 Å². The highest BCUT2D eigenvalue weighted by molar-refractivity contribution is 6.33. The molecule has 1 aliphatic rings. The van der Waals surface area contributed by atoms with Crippen LogP contribution in [0, 0.1) is 0 Å². The summed E-state index contributed by atoms with van der Waals surface area (Å²) in [6, 6.07) is 7.29. The van der Waals surface area contributed by atoms with Gasteiger partial charge >= 0.3 is 0 Å². The highest BCUT2D eigenvalue weighted by atomic mass is 35.5. The average molecular weight is 366 g/mol. The second-order valence-corrected chi connectivity index (χ2v) is 7.04. The molecular weight excluding hydrogens is 338 g/mol. The minimum atomic E-state index is -0.773. The number of carbonyl (C=O) groups is 2. The quantitative estimate of drug-likeness (QED) is 0.617. The second kappa shape index (κ2) is 9.66. The van der Waals surface area contributed by atoms with Crippen LogP contribution in [0.4, 0.5) is 5.69 Å². The van der Waals surface area contributed by atoms with Gasteiger partial charge in [0.15, 0.2) is 0 Å². The third kappa shape index (κ3) is 5.63. The van der Waals surface area contributed by atoms with Crippen molar-refractivity contribution in [2.24, 2.45) is 0 Å². The van der Waals surface area contributed by atoms with Crippen LogP contribution in [0.15, 0.2) is 24.3 Å². The van der Waals surface area contributed by atoms with E-state index in [1.807, 2.05) is 18.2 Å². The van der Waals surface area contributed by atoms with Crippen LogP contribution in [0.1, 0.15) is 51.9 Å². The minimum Gasteiger partial charge on any atom is -0.375 e. The molecule has 5 nitrogen and oxygen atoms in total. The van der Waals surface area contributed by atoms with Gasteiger partial charge in [-0.1, -0.05) is 56.3 Å². The molecule has 1 fully saturated rings. The van der Waals surface area contributed by atoms with Crippen LogP contribution < -0.4 is 16.0 Å². The van der Waals surface area contributed by atoms with Gasteiger partial charge in [0.05, 0.1) is 17.3 Å². The zero-order valence-corrected chi connectivity index (χ0v) is 15.6. The maximum Gasteiger partial charge on any atom is 0.245 e. The molecule has 2 rings (SSSR count). The van der Waals surface area contributed by atoms with E-state index < -0.39 is 5.54 Å². The summed E-state index contributed by atoms with van der Waals surface area (Å²) in [5.74, 6) is -0.237. The molecular formula is C19H28ClN3O2. The molecule has 0 radical (unpaired) electrons. The summed E-state index contributed by atoms with van der Waals surface area (Å²) in [4.78, 5) is 25.1. The Kier molecular flexibility index (Phi) is 7.56. The normalized spacial score (nSPS) is 16.1. The predicted molar refractivity (Wildman–Crippen MR) is 102 cm³/mol. The molecule has 0 aromatic heterocycles. The van der Waals surface area contributed by atoms with Crippen molar-refractivity contribution in [1.82, 2.24) is 10.6 Å². The number of hydrogen-bond acceptors (Lipinski definition) is 3. The number of anilines is 1. The zero-order chi connectivity index (χ0) is 18.1. The number of unbranched alkanes of at least 4 members (excludes halogenated alkanes) is 1. The number of benzene rings is 1. The Morgan fingerprint density at radius 2 is 1.88 bits per heavy atom. The summed E-state index contributed by atoms with van der Waals surface area (Å²) in [7, 11) is 0. The molecule has 1 saturated carbocycles. The van der Waals surface area contributed by atoms with Crippen LogP contribution in [0.25, 0.3) is 0 Å². The largest absolute Gasteiger partial charge is 0.375 e. The SMILES string of the molecule is CCCCNC(=O)C1(NC(=O)CNc2ccccc2Cl)CCCCC1. The first-order valence-corrected chi connectivity index (χ1v) is 9.53. The van der Waals surface area contributed by atoms with Crippen molar-refractivity contribution in [3.63, 3.8) is 0 Å². The van der Waals surface area contributed by atoms with E-state index in [9.17, 15) is 9.59 Å². The molecule has 1 aromatic rings. The van der Waals surface area contributed by atoms with E-state index >= 15 is 0 Å². The molecule has 0 saturated heterocycles. The van der Waals surface area contributed by atoms with Crippen molar-refractivity contribution in [2.45, 2.75) is 57.4 Å². The second-order valence-electron chi connectivity index (χ2n) is 6.63. The highest BCUT2D eigenvalue weighted by Crippen LogP contribution is 2.28. The molecule has 0 spiro atoms. The van der Waals surface area contributed by atoms with Gasteiger partial charge in [0.25, 0.3) is 0 Å². The van der Waals surface area contributed by atoms with Gasteiger partial charge in [-0.3, -0.25) is 9.59 Å². The fraction of sp³-hybridized carbons (Fsp3) is 0.579. The highest BCUT2D eigenvalue weighted by Gasteiger charge is 2.40. The molecule has 0 aliphatic heterocycles. The van der Waals surface area contributed by atoms with Gasteiger partial charge in [0.2, 0.25) is 11.8 Å². The molecule has 0 heterocycles. The molecule has 1 aromatic carbocycles. The number of halogens is 1. The van der Waals surface area contributed by atoms with Gasteiger partial charge < -0.3 is 16.0 Å². The lowest BCUT2D eigenvalue weighted by Gasteiger charge is -2.36. The van der Waals surface area contributed by atoms with Gasteiger partial charge in [-0.05, 0) is 31.4 Å². The number of hydrogen-bond donors (Lipinski definition) is 3. The standard InChI is InChI=1S/C19H28ClN3O2/c1-2-3-13-21-18(25)19(11-7-4-8-12-19)23-17(24)14-22-16-10-6-5-9-15(16)20/h5-6,9-10,22H,2-4,7-8,11-14H2,1H3,(H,21,25)(H,23,24). The topological polar surface area (TPSA) is 70.2 Å². The Bertz CT molecular complexity index is 586. The van der Waals surface area contributed by atoms with Crippen molar-refractivity contribution >= 4 is 29.1 Å². The fourth-order valence-corrected chi connectivity index (χ4v) is 3.41. The zero-order valence-electron chi connectivity index (χ0n) is 14.9. The Labute approximate surface area is 154 Å². The Hall–Kier alpha value is -1.75. The van der Waals surface area contributed by atoms with Crippen molar-refractivity contribution < 1.29 is 9.59 Å². The molecule has 3 N–H and O–H groups in total. The molecule has 6 heteroatoms. The van der Waals surface area contributed by atoms with E-state index in [0.717, 1.165) is 32.1 Å². The molecule has 0 bridgehead atoms. The number of carbonyl (C=O) groups excluding carboxylic acids is 2. The summed E-state index contributed by atoms with van der Waals surface area (Å²) >= 11 is 6.09. The monoisotopic (exact) mass is 365 g/mol. The summed E-state index contributed by atoms with van der Waals surface area (Å²) in [5.41, 5.74) is -0.0602. The first kappa shape index (κ1) is 19.6. The van der Waals surface area contributed by atoms with Crippen molar-refractivity contribution in [3.8, 4) is 0 Å². The summed E-state index contributed by atoms with van der Waals surface area (Å²) < 4.78 is 0. The average Bonchev–Trinajstić information content (AvgIpc) is 2.62. The molecule has 25 heavy (non-hydrogen) atoms. The van der Waals surface area contributed by atoms with E-state index in [-0.39, 0.29) is 18.4 Å². The maximum absolute atomic E-state index is 12.7. The first-order valence-electron chi connectivity index (χ1n) is 9.15. The summed E-state index contributed by atoms with van der Waals surface area (Å²) in [6.07, 6.45) is 6.40. The van der Waals surface area contributed by atoms with E-state index in [0.29, 0.717) is 30.1 Å². The van der Waals surface area contributed by atoms with E-state index in [1.165, 1.54) is 0 Å². The molecule has 138 valence electrons. The van der Waals surface area contributed by atoms with Gasteiger partial charge in [-0.2, -0.15) is 0 Å². The fourth-order valence-electron chi connectivity index (χ4n) is 3.20. The van der Waals surface area contributed by atoms with Gasteiger partial charge in [-0.15, -0.1) is 0 Å².